The van der Waals surface area contributed by atoms with E-state index in [1.165, 1.54) is 0 Å². The van der Waals surface area contributed by atoms with Gasteiger partial charge in [0.15, 0.2) is 5.96 Å². The van der Waals surface area contributed by atoms with Crippen LogP contribution in [0.3, 0.4) is 0 Å². The Hall–Kier alpha value is -1.50. The van der Waals surface area contributed by atoms with Crippen LogP contribution in [-0.2, 0) is 9.53 Å². The zero-order chi connectivity index (χ0) is 11.8. The van der Waals surface area contributed by atoms with Gasteiger partial charge in [-0.2, -0.15) is 4.99 Å². The van der Waals surface area contributed by atoms with Gasteiger partial charge in [0.25, 0.3) is 0 Å². The average Bonchev–Trinajstić information content (AvgIpc) is 2.10. The Labute approximate surface area is 101 Å². The summed E-state index contributed by atoms with van der Waals surface area (Å²) >= 11 is 0. The Bertz CT molecular complexity index is 274. The number of halogens is 1. The molecule has 0 heterocycles. The molecule has 0 radical (unpaired) electrons. The van der Waals surface area contributed by atoms with Crippen molar-refractivity contribution in [1.82, 2.24) is 0 Å². The van der Waals surface area contributed by atoms with Crippen molar-refractivity contribution in [1.29, 1.82) is 0 Å². The number of hydrogen-bond donors (Lipinski definition) is 3. The predicted molar refractivity (Wildman–Crippen MR) is 65.3 cm³/mol. The zero-order valence-corrected chi connectivity index (χ0v) is 10.2. The van der Waals surface area contributed by atoms with Gasteiger partial charge in [-0.1, -0.05) is 13.8 Å². The summed E-state index contributed by atoms with van der Waals surface area (Å²) in [5.41, 5.74) is 15.4. The first-order chi connectivity index (χ1) is 6.93. The number of ether oxygens (including phenoxy) is 1. The largest absolute Gasteiger partial charge is 0.464 e. The van der Waals surface area contributed by atoms with Gasteiger partial charge < -0.3 is 21.9 Å². The Balaban J connectivity index is 0. The van der Waals surface area contributed by atoms with Crippen LogP contribution in [0.25, 0.3) is 0 Å². The van der Waals surface area contributed by atoms with Gasteiger partial charge in [-0.25, -0.2) is 4.99 Å². The number of carbonyl (C=O) groups is 1. The second-order valence-corrected chi connectivity index (χ2v) is 3.10. The molecule has 0 aliphatic carbocycles. The van der Waals surface area contributed by atoms with Crippen molar-refractivity contribution in [3.63, 3.8) is 0 Å². The first-order valence-electron chi connectivity index (χ1n) is 4.49. The van der Waals surface area contributed by atoms with E-state index in [2.05, 4.69) is 9.98 Å². The fourth-order valence-electron chi connectivity index (χ4n) is 0.641. The van der Waals surface area contributed by atoms with E-state index in [4.69, 9.17) is 21.9 Å². The first kappa shape index (κ1) is 16.9. The standard InChI is InChI=1S/C8H17N5O2.ClH/c1-5(2)6(14)15-4-3-12-8(11)13-7(9)10;/h5H,3-4H2,1-2H3,(H6,9,10,11,12,13);1H. The van der Waals surface area contributed by atoms with Crippen LogP contribution in [-0.4, -0.2) is 31.0 Å². The van der Waals surface area contributed by atoms with Crippen molar-refractivity contribution in [3.05, 3.63) is 0 Å². The summed E-state index contributed by atoms with van der Waals surface area (Å²) in [5, 5.41) is 0. The van der Waals surface area contributed by atoms with Crippen LogP contribution >= 0.6 is 12.4 Å². The highest BCUT2D eigenvalue weighted by atomic mass is 35.5. The molecule has 0 aliphatic heterocycles. The molecule has 0 fully saturated rings. The maximum Gasteiger partial charge on any atom is 0.308 e. The van der Waals surface area contributed by atoms with Gasteiger partial charge in [-0.05, 0) is 0 Å². The fourth-order valence-corrected chi connectivity index (χ4v) is 0.641. The van der Waals surface area contributed by atoms with Crippen LogP contribution in [0.1, 0.15) is 13.8 Å². The minimum absolute atomic E-state index is 0. The number of carbonyl (C=O) groups excluding carboxylic acids is 1. The Morgan fingerprint density at radius 3 is 2.31 bits per heavy atom. The van der Waals surface area contributed by atoms with Crippen molar-refractivity contribution in [2.75, 3.05) is 13.2 Å². The molecule has 0 spiro atoms. The maximum absolute atomic E-state index is 11.0. The molecule has 7 nitrogen and oxygen atoms in total. The summed E-state index contributed by atoms with van der Waals surface area (Å²) < 4.78 is 4.85. The Morgan fingerprint density at radius 2 is 1.88 bits per heavy atom. The molecule has 0 rings (SSSR count). The average molecular weight is 252 g/mol. The second kappa shape index (κ2) is 8.78. The molecule has 8 heteroatoms. The molecule has 0 aromatic carbocycles. The lowest BCUT2D eigenvalue weighted by Gasteiger charge is -2.04. The molecular formula is C8H18ClN5O2. The minimum Gasteiger partial charge on any atom is -0.464 e. The normalized spacial score (nSPS) is 10.6. The molecule has 0 unspecified atom stereocenters. The molecule has 0 aromatic heterocycles. The Kier molecular flexibility index (Phi) is 9.28. The van der Waals surface area contributed by atoms with E-state index in [1.54, 1.807) is 13.8 Å². The predicted octanol–water partition coefficient (Wildman–Crippen LogP) is -0.804. The van der Waals surface area contributed by atoms with Crippen molar-refractivity contribution in [2.45, 2.75) is 13.8 Å². The molecule has 0 aromatic rings. The molecule has 94 valence electrons. The van der Waals surface area contributed by atoms with Gasteiger partial charge in [-0.15, -0.1) is 12.4 Å². The monoisotopic (exact) mass is 251 g/mol. The third-order valence-electron chi connectivity index (χ3n) is 1.32. The van der Waals surface area contributed by atoms with Crippen molar-refractivity contribution < 1.29 is 9.53 Å². The third kappa shape index (κ3) is 9.07. The van der Waals surface area contributed by atoms with Crippen LogP contribution in [0.4, 0.5) is 0 Å². The van der Waals surface area contributed by atoms with Crippen molar-refractivity contribution in [3.8, 4) is 0 Å². The van der Waals surface area contributed by atoms with E-state index in [1.807, 2.05) is 0 Å². The highest BCUT2D eigenvalue weighted by Gasteiger charge is 2.06. The van der Waals surface area contributed by atoms with Crippen LogP contribution < -0.4 is 17.2 Å². The Morgan fingerprint density at radius 1 is 1.31 bits per heavy atom. The number of guanidine groups is 2. The first-order valence-corrected chi connectivity index (χ1v) is 4.49. The molecule has 0 aliphatic rings. The quantitative estimate of drug-likeness (QED) is 0.261. The van der Waals surface area contributed by atoms with Crippen molar-refractivity contribution in [2.24, 2.45) is 33.1 Å². The number of rotatable bonds is 4. The summed E-state index contributed by atoms with van der Waals surface area (Å²) in [6.45, 7) is 3.90. The van der Waals surface area contributed by atoms with Gasteiger partial charge in [0.2, 0.25) is 5.96 Å². The maximum atomic E-state index is 11.0. The minimum atomic E-state index is -0.273. The van der Waals surface area contributed by atoms with Gasteiger partial charge in [0, 0.05) is 0 Å². The topological polar surface area (TPSA) is 129 Å². The number of esters is 1. The lowest BCUT2D eigenvalue weighted by Crippen LogP contribution is -2.26. The molecule has 6 N–H and O–H groups in total. The molecule has 0 amide bonds. The molecular weight excluding hydrogens is 234 g/mol. The second-order valence-electron chi connectivity index (χ2n) is 3.10. The van der Waals surface area contributed by atoms with Crippen LogP contribution in [0.15, 0.2) is 9.98 Å². The number of nitrogens with zero attached hydrogens (tertiary/aromatic N) is 2. The third-order valence-corrected chi connectivity index (χ3v) is 1.32. The van der Waals surface area contributed by atoms with Crippen LogP contribution in [0, 0.1) is 5.92 Å². The molecule has 0 saturated heterocycles. The number of nitrogens with two attached hydrogens (primary N) is 3. The van der Waals surface area contributed by atoms with Gasteiger partial charge in [0.1, 0.15) is 6.61 Å². The fraction of sp³-hybridized carbons (Fsp3) is 0.625. The number of aliphatic imine (C=N–C) groups is 2. The van der Waals surface area contributed by atoms with E-state index in [-0.39, 0.29) is 49.4 Å². The molecule has 16 heavy (non-hydrogen) atoms. The van der Waals surface area contributed by atoms with E-state index < -0.39 is 0 Å². The summed E-state index contributed by atoms with van der Waals surface area (Å²) in [7, 11) is 0. The van der Waals surface area contributed by atoms with Crippen molar-refractivity contribution >= 4 is 30.3 Å². The lowest BCUT2D eigenvalue weighted by atomic mass is 10.2. The van der Waals surface area contributed by atoms with E-state index >= 15 is 0 Å². The van der Waals surface area contributed by atoms with Gasteiger partial charge >= 0.3 is 5.97 Å². The van der Waals surface area contributed by atoms with E-state index in [0.29, 0.717) is 0 Å². The summed E-state index contributed by atoms with van der Waals surface area (Å²) in [6.07, 6.45) is 0. The summed E-state index contributed by atoms with van der Waals surface area (Å²) in [6, 6.07) is 0. The van der Waals surface area contributed by atoms with Gasteiger partial charge in [-0.3, -0.25) is 4.79 Å². The SMILES string of the molecule is CC(C)C(=O)OCCN=C(N)N=C(N)N.Cl. The highest BCUT2D eigenvalue weighted by Crippen LogP contribution is 1.94. The summed E-state index contributed by atoms with van der Waals surface area (Å²) in [4.78, 5) is 18.2. The highest BCUT2D eigenvalue weighted by molar-refractivity contribution is 5.92. The summed E-state index contributed by atoms with van der Waals surface area (Å²) in [5.74, 6) is -0.610. The van der Waals surface area contributed by atoms with Crippen LogP contribution in [0.5, 0.6) is 0 Å². The lowest BCUT2D eigenvalue weighted by molar-refractivity contribution is -0.146. The smallest absolute Gasteiger partial charge is 0.308 e. The number of hydrogen-bond acceptors (Lipinski definition) is 3. The zero-order valence-electron chi connectivity index (χ0n) is 9.34. The van der Waals surface area contributed by atoms with E-state index in [9.17, 15) is 4.79 Å². The van der Waals surface area contributed by atoms with Gasteiger partial charge in [0.05, 0.1) is 12.5 Å². The molecule has 0 saturated carbocycles. The molecule has 0 bridgehead atoms. The molecule has 0 atom stereocenters. The van der Waals surface area contributed by atoms with E-state index in [0.717, 1.165) is 0 Å². The van der Waals surface area contributed by atoms with Crippen LogP contribution in [0.2, 0.25) is 0 Å².